The second-order valence-electron chi connectivity index (χ2n) is 5.88. The monoisotopic (exact) mass is 269 g/mol. The first-order valence-corrected chi connectivity index (χ1v) is 7.57. The molecule has 1 aliphatic heterocycles. The highest BCUT2D eigenvalue weighted by Gasteiger charge is 2.42. The fourth-order valence-corrected chi connectivity index (χ4v) is 3.79. The van der Waals surface area contributed by atoms with E-state index in [0.29, 0.717) is 12.0 Å². The summed E-state index contributed by atoms with van der Waals surface area (Å²) in [6.45, 7) is 0.918. The van der Waals surface area contributed by atoms with Gasteiger partial charge in [0, 0.05) is 12.5 Å². The molecule has 0 saturated carbocycles. The van der Waals surface area contributed by atoms with Gasteiger partial charge >= 0.3 is 0 Å². The van der Waals surface area contributed by atoms with Gasteiger partial charge in [0.1, 0.15) is 0 Å². The van der Waals surface area contributed by atoms with E-state index in [2.05, 4.69) is 29.9 Å². The van der Waals surface area contributed by atoms with E-state index >= 15 is 0 Å². The molecule has 0 aromatic heterocycles. The van der Waals surface area contributed by atoms with Crippen LogP contribution in [0.5, 0.6) is 0 Å². The number of nitrogens with two attached hydrogens (primary N) is 2. The smallest absolute Gasteiger partial charge is 0.267 e. The molecule has 20 heavy (non-hydrogen) atoms. The van der Waals surface area contributed by atoms with Crippen LogP contribution in [0.15, 0.2) is 18.2 Å². The molecular weight excluding hydrogens is 245 g/mol. The van der Waals surface area contributed by atoms with E-state index in [4.69, 9.17) is 11.0 Å². The molecule has 1 heterocycles. The summed E-state index contributed by atoms with van der Waals surface area (Å²) < 4.78 is 0. The first-order chi connectivity index (χ1) is 9.77. The Labute approximate surface area is 122 Å². The largest absolute Gasteiger partial charge is 0.333 e. The summed E-state index contributed by atoms with van der Waals surface area (Å²) in [4.78, 5) is 0. The second-order valence-corrected chi connectivity index (χ2v) is 5.88. The summed E-state index contributed by atoms with van der Waals surface area (Å²) >= 11 is 0. The van der Waals surface area contributed by atoms with Gasteiger partial charge in [-0.05, 0) is 54.8 Å². The van der Waals surface area contributed by atoms with Gasteiger partial charge in [-0.3, -0.25) is 0 Å². The molecule has 3 rings (SSSR count). The van der Waals surface area contributed by atoms with Crippen molar-refractivity contribution in [2.75, 3.05) is 7.05 Å². The average Bonchev–Trinajstić information content (AvgIpc) is 2.88. The third-order valence-electron chi connectivity index (χ3n) is 4.98. The fourth-order valence-electron chi connectivity index (χ4n) is 3.79. The van der Waals surface area contributed by atoms with Crippen molar-refractivity contribution in [3.05, 3.63) is 34.9 Å². The minimum absolute atomic E-state index is 0.289. The summed E-state index contributed by atoms with van der Waals surface area (Å²) in [7, 11) is 1.50. The molecule has 106 valence electrons. The van der Waals surface area contributed by atoms with Crippen LogP contribution in [0.2, 0.25) is 12.6 Å². The summed E-state index contributed by atoms with van der Waals surface area (Å²) in [5.74, 6) is 2.44. The van der Waals surface area contributed by atoms with E-state index in [-0.39, 0.29) is 6.71 Å². The van der Waals surface area contributed by atoms with E-state index in [1.54, 1.807) is 5.56 Å². The van der Waals surface area contributed by atoms with Crippen LogP contribution in [0.3, 0.4) is 0 Å². The van der Waals surface area contributed by atoms with Crippen molar-refractivity contribution < 1.29 is 0 Å². The van der Waals surface area contributed by atoms with Gasteiger partial charge in [0.15, 0.2) is 0 Å². The van der Waals surface area contributed by atoms with Gasteiger partial charge in [-0.25, -0.2) is 5.26 Å². The van der Waals surface area contributed by atoms with Crippen LogP contribution in [0.25, 0.3) is 0 Å². The maximum Gasteiger partial charge on any atom is 0.267 e. The minimum Gasteiger partial charge on any atom is -0.333 e. The molecular formula is C16H24BN3. The van der Waals surface area contributed by atoms with Crippen LogP contribution in [-0.4, -0.2) is 13.8 Å². The summed E-state index contributed by atoms with van der Waals surface area (Å²) in [5.41, 5.74) is 14.9. The molecule has 1 spiro atoms. The van der Waals surface area contributed by atoms with E-state index in [1.165, 1.54) is 43.9 Å². The lowest BCUT2D eigenvalue weighted by Crippen LogP contribution is -2.32. The zero-order valence-corrected chi connectivity index (χ0v) is 12.4. The predicted octanol–water partition coefficient (Wildman–Crippen LogP) is 2.26. The molecule has 3 nitrogen and oxygen atoms in total. The quantitative estimate of drug-likeness (QED) is 0.768. The van der Waals surface area contributed by atoms with E-state index < -0.39 is 0 Å². The number of nitriles is 1. The Morgan fingerprint density at radius 2 is 1.95 bits per heavy atom. The molecule has 0 atom stereocenters. The lowest BCUT2D eigenvalue weighted by molar-refractivity contribution is 0.379. The van der Waals surface area contributed by atoms with Gasteiger partial charge in [-0.15, -0.1) is 0 Å². The zero-order chi connectivity index (χ0) is 14.6. The van der Waals surface area contributed by atoms with Crippen molar-refractivity contribution in [2.45, 2.75) is 50.3 Å². The molecule has 4 heteroatoms. The van der Waals surface area contributed by atoms with E-state index in [1.807, 2.05) is 0 Å². The first kappa shape index (κ1) is 15.1. The van der Waals surface area contributed by atoms with Gasteiger partial charge in [0.05, 0.1) is 0 Å². The Kier molecular flexibility index (Phi) is 4.85. The number of rotatable bonds is 1. The van der Waals surface area contributed by atoms with Crippen LogP contribution >= 0.6 is 0 Å². The average molecular weight is 269 g/mol. The van der Waals surface area contributed by atoms with Crippen molar-refractivity contribution in [1.29, 1.82) is 5.26 Å². The van der Waals surface area contributed by atoms with Crippen molar-refractivity contribution in [3.8, 4) is 5.97 Å². The standard InChI is InChI=1S/C15H19BN2.CH5N/c17-10-12-1-2-13-3-4-15(14(13)9-12)5-7-16(11-18)8-6-15;1-2/h1-2,9H,3-8,10,17H2;2H2,1H3. The number of hydrogen-bond donors (Lipinski definition) is 2. The fraction of sp³-hybridized carbons (Fsp3) is 0.562. The van der Waals surface area contributed by atoms with Gasteiger partial charge in [-0.1, -0.05) is 30.8 Å². The Bertz CT molecular complexity index is 499. The zero-order valence-electron chi connectivity index (χ0n) is 12.4. The normalized spacial score (nSPS) is 19.0. The van der Waals surface area contributed by atoms with Crippen LogP contribution in [0.4, 0.5) is 0 Å². The number of fused-ring (bicyclic) bond motifs is 2. The van der Waals surface area contributed by atoms with Crippen molar-refractivity contribution >= 4 is 6.71 Å². The number of aryl methyl sites for hydroxylation is 1. The number of hydrogen-bond acceptors (Lipinski definition) is 3. The maximum atomic E-state index is 9.03. The van der Waals surface area contributed by atoms with Gasteiger partial charge in [0.25, 0.3) is 6.71 Å². The van der Waals surface area contributed by atoms with Crippen LogP contribution in [-0.2, 0) is 18.4 Å². The van der Waals surface area contributed by atoms with Gasteiger partial charge < -0.3 is 11.5 Å². The molecule has 1 aromatic carbocycles. The van der Waals surface area contributed by atoms with Crippen LogP contribution < -0.4 is 11.5 Å². The highest BCUT2D eigenvalue weighted by atomic mass is 14.5. The minimum atomic E-state index is 0.289. The summed E-state index contributed by atoms with van der Waals surface area (Å²) in [6, 6.07) is 6.76. The topological polar surface area (TPSA) is 75.8 Å². The molecule has 1 aromatic rings. The molecule has 0 radical (unpaired) electrons. The van der Waals surface area contributed by atoms with Crippen molar-refractivity contribution in [3.63, 3.8) is 0 Å². The van der Waals surface area contributed by atoms with Crippen LogP contribution in [0.1, 0.15) is 36.0 Å². The third-order valence-corrected chi connectivity index (χ3v) is 4.98. The van der Waals surface area contributed by atoms with Crippen LogP contribution in [0, 0.1) is 11.2 Å². The lowest BCUT2D eigenvalue weighted by Gasteiger charge is -2.35. The summed E-state index contributed by atoms with van der Waals surface area (Å²) in [6.07, 6.45) is 7.00. The first-order valence-electron chi connectivity index (χ1n) is 7.57. The molecule has 0 bridgehead atoms. The molecule has 0 amide bonds. The van der Waals surface area contributed by atoms with E-state index in [9.17, 15) is 0 Å². The molecule has 1 saturated heterocycles. The predicted molar refractivity (Wildman–Crippen MR) is 84.7 cm³/mol. The van der Waals surface area contributed by atoms with Crippen molar-refractivity contribution in [1.82, 2.24) is 0 Å². The lowest BCUT2D eigenvalue weighted by atomic mass is 9.39. The molecule has 1 aliphatic carbocycles. The number of benzene rings is 1. The Balaban J connectivity index is 0.000000704. The van der Waals surface area contributed by atoms with Gasteiger partial charge in [0.2, 0.25) is 0 Å². The molecule has 2 aliphatic rings. The Morgan fingerprint density at radius 3 is 2.55 bits per heavy atom. The summed E-state index contributed by atoms with van der Waals surface area (Å²) in [5, 5.41) is 9.03. The SMILES string of the molecule is CN.N#CB1CCC2(CC1)CCc1ccc(CN)cc12. The van der Waals surface area contributed by atoms with Crippen molar-refractivity contribution in [2.24, 2.45) is 11.5 Å². The molecule has 0 unspecified atom stereocenters. The third kappa shape index (κ3) is 2.61. The molecule has 4 N–H and O–H groups in total. The van der Waals surface area contributed by atoms with E-state index in [0.717, 1.165) is 12.6 Å². The Morgan fingerprint density at radius 1 is 1.25 bits per heavy atom. The second kappa shape index (κ2) is 6.43. The Hall–Kier alpha value is -1.31. The highest BCUT2D eigenvalue weighted by molar-refractivity contribution is 6.67. The highest BCUT2D eigenvalue weighted by Crippen LogP contribution is 2.49. The maximum absolute atomic E-state index is 9.03. The number of nitrogens with zero attached hydrogens (tertiary/aromatic N) is 1. The molecule has 1 fully saturated rings. The van der Waals surface area contributed by atoms with Gasteiger partial charge in [-0.2, -0.15) is 0 Å².